The van der Waals surface area contributed by atoms with Gasteiger partial charge in [-0.1, -0.05) is 6.07 Å². The van der Waals surface area contributed by atoms with Crippen molar-refractivity contribution in [1.82, 2.24) is 4.98 Å². The van der Waals surface area contributed by atoms with Crippen LogP contribution < -0.4 is 10.6 Å². The lowest BCUT2D eigenvalue weighted by molar-refractivity contribution is -0.115. The van der Waals surface area contributed by atoms with E-state index < -0.39 is 0 Å². The Balaban J connectivity index is 1.80. The Morgan fingerprint density at radius 1 is 1.32 bits per heavy atom. The number of nitrogens with zero attached hydrogens (tertiary/aromatic N) is 1. The average Bonchev–Trinajstić information content (AvgIpc) is 2.79. The van der Waals surface area contributed by atoms with Crippen molar-refractivity contribution >= 4 is 23.2 Å². The number of hydrogen-bond acceptors (Lipinski definition) is 3. The van der Waals surface area contributed by atoms with Gasteiger partial charge in [-0.25, -0.2) is 0 Å². The van der Waals surface area contributed by atoms with Crippen LogP contribution in [0, 0.1) is 0 Å². The minimum Gasteiger partial charge on any atom is -0.325 e. The van der Waals surface area contributed by atoms with Crippen molar-refractivity contribution in [2.24, 2.45) is 0 Å². The minimum absolute atomic E-state index is 0.0225. The SMILES string of the molecule is O=C1Cc2ccc(NC(=O)c3cccnc3)cc2N1. The van der Waals surface area contributed by atoms with E-state index in [2.05, 4.69) is 15.6 Å². The Kier molecular flexibility index (Phi) is 2.72. The summed E-state index contributed by atoms with van der Waals surface area (Å²) >= 11 is 0. The fourth-order valence-electron chi connectivity index (χ4n) is 1.99. The first-order valence-electron chi connectivity index (χ1n) is 5.86. The molecule has 1 aromatic heterocycles. The van der Waals surface area contributed by atoms with E-state index in [0.29, 0.717) is 17.7 Å². The first-order chi connectivity index (χ1) is 9.22. The number of amides is 2. The molecular formula is C14H11N3O2. The topological polar surface area (TPSA) is 71.1 Å². The molecule has 5 nitrogen and oxygen atoms in total. The molecule has 3 rings (SSSR count). The van der Waals surface area contributed by atoms with E-state index in [1.807, 2.05) is 6.07 Å². The van der Waals surface area contributed by atoms with Gasteiger partial charge in [-0.15, -0.1) is 0 Å². The number of nitrogens with one attached hydrogen (secondary N) is 2. The van der Waals surface area contributed by atoms with Gasteiger partial charge in [0.05, 0.1) is 12.0 Å². The maximum absolute atomic E-state index is 11.9. The van der Waals surface area contributed by atoms with Crippen molar-refractivity contribution in [3.05, 3.63) is 53.9 Å². The zero-order valence-corrected chi connectivity index (χ0v) is 10.0. The molecule has 19 heavy (non-hydrogen) atoms. The Morgan fingerprint density at radius 3 is 3.00 bits per heavy atom. The lowest BCUT2D eigenvalue weighted by Crippen LogP contribution is -2.12. The molecule has 0 saturated heterocycles. The zero-order valence-electron chi connectivity index (χ0n) is 10.0. The Bertz CT molecular complexity index is 653. The van der Waals surface area contributed by atoms with Crippen LogP contribution in [0.2, 0.25) is 0 Å². The molecule has 2 aromatic rings. The van der Waals surface area contributed by atoms with Crippen LogP contribution >= 0.6 is 0 Å². The minimum atomic E-state index is -0.225. The molecule has 2 heterocycles. The number of hydrogen-bond donors (Lipinski definition) is 2. The fourth-order valence-corrected chi connectivity index (χ4v) is 1.99. The molecule has 1 aliphatic rings. The van der Waals surface area contributed by atoms with Crippen LogP contribution in [0.15, 0.2) is 42.7 Å². The smallest absolute Gasteiger partial charge is 0.257 e. The van der Waals surface area contributed by atoms with E-state index in [4.69, 9.17) is 0 Å². The molecule has 5 heteroatoms. The summed E-state index contributed by atoms with van der Waals surface area (Å²) in [5, 5.41) is 5.52. The maximum atomic E-state index is 11.9. The first kappa shape index (κ1) is 11.4. The molecule has 0 spiro atoms. The van der Waals surface area contributed by atoms with Gasteiger partial charge in [-0.05, 0) is 29.8 Å². The molecule has 0 fully saturated rings. The highest BCUT2D eigenvalue weighted by molar-refractivity contribution is 6.05. The van der Waals surface area contributed by atoms with Crippen LogP contribution in [0.5, 0.6) is 0 Å². The lowest BCUT2D eigenvalue weighted by Gasteiger charge is -2.06. The standard InChI is InChI=1S/C14H11N3O2/c18-13-6-9-3-4-11(7-12(9)17-13)16-14(19)10-2-1-5-15-8-10/h1-5,7-8H,6H2,(H,16,19)(H,17,18). The van der Waals surface area contributed by atoms with Crippen LogP contribution in [-0.4, -0.2) is 16.8 Å². The van der Waals surface area contributed by atoms with E-state index in [1.54, 1.807) is 30.5 Å². The van der Waals surface area contributed by atoms with Gasteiger partial charge in [-0.2, -0.15) is 0 Å². The third-order valence-corrected chi connectivity index (χ3v) is 2.92. The molecule has 2 amide bonds. The van der Waals surface area contributed by atoms with Gasteiger partial charge in [0.25, 0.3) is 5.91 Å². The van der Waals surface area contributed by atoms with E-state index in [9.17, 15) is 9.59 Å². The summed E-state index contributed by atoms with van der Waals surface area (Å²) < 4.78 is 0. The highest BCUT2D eigenvalue weighted by atomic mass is 16.2. The highest BCUT2D eigenvalue weighted by Gasteiger charge is 2.17. The molecule has 1 aliphatic heterocycles. The van der Waals surface area contributed by atoms with E-state index in [-0.39, 0.29) is 11.8 Å². The molecule has 0 radical (unpaired) electrons. The Hall–Kier alpha value is -2.69. The number of carbonyl (C=O) groups excluding carboxylic acids is 2. The van der Waals surface area contributed by atoms with Gasteiger partial charge in [-0.3, -0.25) is 14.6 Å². The monoisotopic (exact) mass is 253 g/mol. The van der Waals surface area contributed by atoms with Gasteiger partial charge < -0.3 is 10.6 Å². The van der Waals surface area contributed by atoms with Crippen LogP contribution in [0.1, 0.15) is 15.9 Å². The second kappa shape index (κ2) is 4.53. The predicted molar refractivity (Wildman–Crippen MR) is 71.0 cm³/mol. The third kappa shape index (κ3) is 2.30. The second-order valence-corrected chi connectivity index (χ2v) is 4.29. The zero-order chi connectivity index (χ0) is 13.2. The molecule has 0 unspecified atom stereocenters. The van der Waals surface area contributed by atoms with Gasteiger partial charge in [0.1, 0.15) is 0 Å². The summed E-state index contributed by atoms with van der Waals surface area (Å²) in [6.07, 6.45) is 3.51. The molecule has 0 bridgehead atoms. The van der Waals surface area contributed by atoms with E-state index >= 15 is 0 Å². The van der Waals surface area contributed by atoms with Gasteiger partial charge in [0.15, 0.2) is 0 Å². The normalized spacial score (nSPS) is 12.7. The molecular weight excluding hydrogens is 242 g/mol. The van der Waals surface area contributed by atoms with Crippen molar-refractivity contribution < 1.29 is 9.59 Å². The molecule has 0 aliphatic carbocycles. The number of benzene rings is 1. The summed E-state index contributed by atoms with van der Waals surface area (Å²) in [5.74, 6) is -0.247. The fraction of sp³-hybridized carbons (Fsp3) is 0.0714. The quantitative estimate of drug-likeness (QED) is 0.857. The van der Waals surface area contributed by atoms with Gasteiger partial charge in [0.2, 0.25) is 5.91 Å². The molecule has 1 aromatic carbocycles. The van der Waals surface area contributed by atoms with E-state index in [1.165, 1.54) is 6.20 Å². The summed E-state index contributed by atoms with van der Waals surface area (Å²) in [6, 6.07) is 8.78. The van der Waals surface area contributed by atoms with Crippen LogP contribution in [-0.2, 0) is 11.2 Å². The number of anilines is 2. The highest BCUT2D eigenvalue weighted by Crippen LogP contribution is 2.26. The number of carbonyl (C=O) groups is 2. The van der Waals surface area contributed by atoms with E-state index in [0.717, 1.165) is 11.3 Å². The van der Waals surface area contributed by atoms with Crippen molar-refractivity contribution in [1.29, 1.82) is 0 Å². The van der Waals surface area contributed by atoms with Crippen molar-refractivity contribution in [3.8, 4) is 0 Å². The largest absolute Gasteiger partial charge is 0.325 e. The number of rotatable bonds is 2. The Morgan fingerprint density at radius 2 is 2.21 bits per heavy atom. The average molecular weight is 253 g/mol. The lowest BCUT2D eigenvalue weighted by atomic mass is 10.1. The van der Waals surface area contributed by atoms with Crippen molar-refractivity contribution in [2.75, 3.05) is 10.6 Å². The number of aromatic nitrogens is 1. The summed E-state index contributed by atoms with van der Waals surface area (Å²) in [6.45, 7) is 0. The van der Waals surface area contributed by atoms with Gasteiger partial charge in [0, 0.05) is 23.8 Å². The third-order valence-electron chi connectivity index (χ3n) is 2.92. The Labute approximate surface area is 109 Å². The summed E-state index contributed by atoms with van der Waals surface area (Å²) in [5.41, 5.74) is 2.85. The van der Waals surface area contributed by atoms with Crippen LogP contribution in [0.4, 0.5) is 11.4 Å². The predicted octanol–water partition coefficient (Wildman–Crippen LogP) is 1.83. The number of pyridine rings is 1. The second-order valence-electron chi connectivity index (χ2n) is 4.29. The van der Waals surface area contributed by atoms with Crippen LogP contribution in [0.3, 0.4) is 0 Å². The summed E-state index contributed by atoms with van der Waals surface area (Å²) in [7, 11) is 0. The molecule has 2 N–H and O–H groups in total. The first-order valence-corrected chi connectivity index (χ1v) is 5.86. The van der Waals surface area contributed by atoms with Crippen LogP contribution in [0.25, 0.3) is 0 Å². The number of fused-ring (bicyclic) bond motifs is 1. The van der Waals surface area contributed by atoms with Crippen molar-refractivity contribution in [2.45, 2.75) is 6.42 Å². The molecule has 0 saturated carbocycles. The summed E-state index contributed by atoms with van der Waals surface area (Å²) in [4.78, 5) is 27.1. The maximum Gasteiger partial charge on any atom is 0.257 e. The van der Waals surface area contributed by atoms with Gasteiger partial charge >= 0.3 is 0 Å². The molecule has 0 atom stereocenters. The molecule has 94 valence electrons. The van der Waals surface area contributed by atoms with Crippen molar-refractivity contribution in [3.63, 3.8) is 0 Å².